The molecule has 0 aliphatic carbocycles. The largest absolute Gasteiger partial charge is 0.495 e. The van der Waals surface area contributed by atoms with Gasteiger partial charge in [-0.1, -0.05) is 6.07 Å². The van der Waals surface area contributed by atoms with E-state index in [1.165, 1.54) is 7.11 Å². The third kappa shape index (κ3) is 2.17. The Morgan fingerprint density at radius 2 is 2.24 bits per heavy atom. The highest BCUT2D eigenvalue weighted by Crippen LogP contribution is 2.38. The maximum Gasteiger partial charge on any atom is 0.339 e. The van der Waals surface area contributed by atoms with Gasteiger partial charge in [-0.25, -0.2) is 4.79 Å². The van der Waals surface area contributed by atoms with Crippen LogP contribution in [0.1, 0.15) is 17.2 Å². The Bertz CT molecular complexity index is 444. The first-order valence-corrected chi connectivity index (χ1v) is 6.03. The first kappa shape index (κ1) is 12.4. The van der Waals surface area contributed by atoms with Crippen LogP contribution >= 0.6 is 15.9 Å². The smallest absolute Gasteiger partial charge is 0.339 e. The number of hydrogen-bond acceptors (Lipinski definition) is 4. The van der Waals surface area contributed by atoms with E-state index in [1.54, 1.807) is 7.11 Å². The van der Waals surface area contributed by atoms with Gasteiger partial charge >= 0.3 is 5.97 Å². The van der Waals surface area contributed by atoms with Crippen molar-refractivity contribution in [3.8, 4) is 5.75 Å². The first-order chi connectivity index (χ1) is 8.19. The number of halogens is 1. The summed E-state index contributed by atoms with van der Waals surface area (Å²) in [5.41, 5.74) is 1.83. The lowest BCUT2D eigenvalue weighted by Gasteiger charge is -2.26. The molecule has 0 aromatic heterocycles. The predicted octanol–water partition coefficient (Wildman–Crippen LogP) is 2.24. The maximum atomic E-state index is 11.6. The summed E-state index contributed by atoms with van der Waals surface area (Å²) in [6.45, 7) is 0.486. The summed E-state index contributed by atoms with van der Waals surface area (Å²) in [6.07, 6.45) is 0.0802. The Hall–Kier alpha value is -1.07. The number of benzene rings is 1. The van der Waals surface area contributed by atoms with Crippen LogP contribution in [0.3, 0.4) is 0 Å². The molecule has 1 aliphatic rings. The third-order valence-electron chi connectivity index (χ3n) is 2.79. The molecule has 5 heteroatoms. The van der Waals surface area contributed by atoms with E-state index in [0.29, 0.717) is 6.61 Å². The zero-order valence-corrected chi connectivity index (χ0v) is 11.2. The zero-order valence-electron chi connectivity index (χ0n) is 9.66. The van der Waals surface area contributed by atoms with Crippen molar-refractivity contribution < 1.29 is 19.0 Å². The van der Waals surface area contributed by atoms with Crippen LogP contribution in [-0.2, 0) is 20.7 Å². The number of carbonyl (C=O) groups excluding carboxylic acids is 1. The molecule has 2 rings (SSSR count). The Balaban J connectivity index is 2.49. The van der Waals surface area contributed by atoms with Crippen molar-refractivity contribution in [3.05, 3.63) is 27.7 Å². The zero-order chi connectivity index (χ0) is 12.4. The van der Waals surface area contributed by atoms with E-state index in [0.717, 1.165) is 27.8 Å². The van der Waals surface area contributed by atoms with E-state index in [9.17, 15) is 4.79 Å². The van der Waals surface area contributed by atoms with Crippen LogP contribution in [-0.4, -0.2) is 26.8 Å². The molecule has 0 bridgehead atoms. The molecule has 1 heterocycles. The molecule has 0 saturated carbocycles. The molecule has 1 aromatic rings. The number of methoxy groups -OCH3 is 2. The van der Waals surface area contributed by atoms with Crippen LogP contribution in [0.2, 0.25) is 0 Å². The summed E-state index contributed by atoms with van der Waals surface area (Å²) in [7, 11) is 2.97. The highest BCUT2D eigenvalue weighted by Gasteiger charge is 2.30. The summed E-state index contributed by atoms with van der Waals surface area (Å²) >= 11 is 3.43. The summed E-state index contributed by atoms with van der Waals surface area (Å²) in [6, 6.07) is 3.71. The molecule has 0 saturated heterocycles. The lowest BCUT2D eigenvalue weighted by atomic mass is 9.96. The minimum atomic E-state index is -0.647. The topological polar surface area (TPSA) is 44.8 Å². The Morgan fingerprint density at radius 3 is 2.88 bits per heavy atom. The van der Waals surface area contributed by atoms with E-state index < -0.39 is 6.10 Å². The molecule has 1 atom stereocenters. The third-order valence-corrected chi connectivity index (χ3v) is 3.41. The fraction of sp³-hybridized carbons (Fsp3) is 0.417. The van der Waals surface area contributed by atoms with Gasteiger partial charge < -0.3 is 14.2 Å². The average Bonchev–Trinajstić information content (AvgIpc) is 2.37. The van der Waals surface area contributed by atoms with E-state index in [4.69, 9.17) is 14.2 Å². The van der Waals surface area contributed by atoms with Crippen molar-refractivity contribution in [1.29, 1.82) is 0 Å². The van der Waals surface area contributed by atoms with Gasteiger partial charge in [0.25, 0.3) is 0 Å². The van der Waals surface area contributed by atoms with Crippen molar-refractivity contribution in [2.24, 2.45) is 0 Å². The molecule has 0 fully saturated rings. The van der Waals surface area contributed by atoms with Crippen molar-refractivity contribution in [1.82, 2.24) is 0 Å². The second-order valence-corrected chi connectivity index (χ2v) is 4.53. The standard InChI is InChI=1S/C12H13BrO4/c1-15-10-8-5-6-17-11(12(14)16-2)7(8)3-4-9(10)13/h3-4,11H,5-6H2,1-2H3. The van der Waals surface area contributed by atoms with E-state index in [2.05, 4.69) is 15.9 Å². The molecule has 0 radical (unpaired) electrons. The van der Waals surface area contributed by atoms with Gasteiger partial charge in [0.2, 0.25) is 0 Å². The molecular weight excluding hydrogens is 288 g/mol. The molecule has 1 aliphatic heterocycles. The first-order valence-electron chi connectivity index (χ1n) is 5.23. The van der Waals surface area contributed by atoms with Gasteiger partial charge in [-0.3, -0.25) is 0 Å². The van der Waals surface area contributed by atoms with Crippen LogP contribution in [0, 0.1) is 0 Å². The number of carbonyl (C=O) groups is 1. The molecular formula is C12H13BrO4. The van der Waals surface area contributed by atoms with Crippen LogP contribution in [0.5, 0.6) is 5.75 Å². The van der Waals surface area contributed by atoms with Crippen LogP contribution in [0.15, 0.2) is 16.6 Å². The van der Waals surface area contributed by atoms with Crippen molar-refractivity contribution in [2.75, 3.05) is 20.8 Å². The molecule has 17 heavy (non-hydrogen) atoms. The molecule has 4 nitrogen and oxygen atoms in total. The van der Waals surface area contributed by atoms with Gasteiger partial charge in [0.05, 0.1) is 25.3 Å². The van der Waals surface area contributed by atoms with Crippen LogP contribution < -0.4 is 4.74 Å². The van der Waals surface area contributed by atoms with Gasteiger partial charge in [-0.05, 0) is 34.0 Å². The summed E-state index contributed by atoms with van der Waals surface area (Å²) in [4.78, 5) is 11.6. The van der Waals surface area contributed by atoms with Crippen molar-refractivity contribution in [3.63, 3.8) is 0 Å². The molecule has 1 unspecified atom stereocenters. The fourth-order valence-electron chi connectivity index (χ4n) is 2.01. The highest BCUT2D eigenvalue weighted by atomic mass is 79.9. The van der Waals surface area contributed by atoms with E-state index >= 15 is 0 Å². The minimum absolute atomic E-state index is 0.379. The lowest BCUT2D eigenvalue weighted by Crippen LogP contribution is -2.24. The quantitative estimate of drug-likeness (QED) is 0.786. The summed E-state index contributed by atoms with van der Waals surface area (Å²) in [5, 5.41) is 0. The van der Waals surface area contributed by atoms with Gasteiger partial charge in [0.15, 0.2) is 6.10 Å². The predicted molar refractivity (Wildman–Crippen MR) is 65.1 cm³/mol. The van der Waals surface area contributed by atoms with Gasteiger partial charge in [-0.15, -0.1) is 0 Å². The number of esters is 1. The monoisotopic (exact) mass is 300 g/mol. The van der Waals surface area contributed by atoms with Gasteiger partial charge in [0.1, 0.15) is 5.75 Å². The Kier molecular flexibility index (Phi) is 3.69. The minimum Gasteiger partial charge on any atom is -0.495 e. The van der Waals surface area contributed by atoms with E-state index in [1.807, 2.05) is 12.1 Å². The molecule has 0 amide bonds. The Labute approximate surface area is 108 Å². The molecule has 0 N–H and O–H groups in total. The number of hydrogen-bond donors (Lipinski definition) is 0. The van der Waals surface area contributed by atoms with Crippen LogP contribution in [0.4, 0.5) is 0 Å². The second kappa shape index (κ2) is 5.06. The molecule has 1 aromatic carbocycles. The van der Waals surface area contributed by atoms with Gasteiger partial charge in [-0.2, -0.15) is 0 Å². The summed E-state index contributed by atoms with van der Waals surface area (Å²) in [5.74, 6) is 0.384. The SMILES string of the molecule is COC(=O)C1OCCc2c1ccc(Br)c2OC. The lowest BCUT2D eigenvalue weighted by molar-refractivity contribution is -0.155. The average molecular weight is 301 g/mol. The van der Waals surface area contributed by atoms with E-state index in [-0.39, 0.29) is 5.97 Å². The fourth-order valence-corrected chi connectivity index (χ4v) is 2.54. The molecule has 92 valence electrons. The van der Waals surface area contributed by atoms with Crippen molar-refractivity contribution in [2.45, 2.75) is 12.5 Å². The number of ether oxygens (including phenoxy) is 3. The number of fused-ring (bicyclic) bond motifs is 1. The van der Waals surface area contributed by atoms with Crippen molar-refractivity contribution >= 4 is 21.9 Å². The summed E-state index contributed by atoms with van der Waals surface area (Å²) < 4.78 is 16.4. The maximum absolute atomic E-state index is 11.6. The van der Waals surface area contributed by atoms with Gasteiger partial charge in [0, 0.05) is 5.56 Å². The molecule has 0 spiro atoms. The number of rotatable bonds is 2. The Morgan fingerprint density at radius 1 is 1.47 bits per heavy atom. The normalized spacial score (nSPS) is 18.4. The van der Waals surface area contributed by atoms with Crippen LogP contribution in [0.25, 0.3) is 0 Å². The second-order valence-electron chi connectivity index (χ2n) is 3.67. The highest BCUT2D eigenvalue weighted by molar-refractivity contribution is 9.10.